The van der Waals surface area contributed by atoms with Crippen LogP contribution < -0.4 is 10.5 Å². The smallest absolute Gasteiger partial charge is 0.248 e. The molecule has 4 N–H and O–H groups in total. The Morgan fingerprint density at radius 2 is 2.00 bits per heavy atom. The molecule has 100 valence electrons. The number of sulfonamides is 1. The maximum Gasteiger partial charge on any atom is 0.248 e. The van der Waals surface area contributed by atoms with Crippen LogP contribution in [0.2, 0.25) is 0 Å². The highest BCUT2D eigenvalue weighted by atomic mass is 32.2. The maximum absolute atomic E-state index is 12.0. The number of hydrogen-bond acceptors (Lipinski definition) is 4. The predicted octanol–water partition coefficient (Wildman–Crippen LogP) is -0.0129. The second-order valence-electron chi connectivity index (χ2n) is 3.82. The monoisotopic (exact) mass is 280 g/mol. The number of hydrogen-bond donors (Lipinski definition) is 3. The number of amides is 1. The minimum atomic E-state index is -3.62. The zero-order valence-corrected chi connectivity index (χ0v) is 10.6. The molecule has 0 radical (unpaired) electrons. The van der Waals surface area contributed by atoms with E-state index >= 15 is 0 Å². The number of H-pyrrole nitrogens is 1. The van der Waals surface area contributed by atoms with Crippen LogP contribution >= 0.6 is 0 Å². The Hall–Kier alpha value is -2.19. The molecule has 0 saturated heterocycles. The Bertz CT molecular complexity index is 662. The lowest BCUT2D eigenvalue weighted by atomic mass is 10.2. The summed E-state index contributed by atoms with van der Waals surface area (Å²) >= 11 is 0. The molecule has 0 fully saturated rings. The van der Waals surface area contributed by atoms with Crippen LogP contribution in [-0.2, 0) is 16.6 Å². The van der Waals surface area contributed by atoms with Gasteiger partial charge in [-0.3, -0.25) is 9.89 Å². The van der Waals surface area contributed by atoms with E-state index in [1.165, 1.54) is 30.5 Å². The van der Waals surface area contributed by atoms with E-state index in [-0.39, 0.29) is 17.0 Å². The van der Waals surface area contributed by atoms with Crippen molar-refractivity contribution in [3.05, 3.63) is 47.8 Å². The molecule has 1 aromatic heterocycles. The first-order valence-corrected chi connectivity index (χ1v) is 6.84. The average Bonchev–Trinajstić information content (AvgIpc) is 2.90. The van der Waals surface area contributed by atoms with Gasteiger partial charge >= 0.3 is 0 Å². The standard InChI is InChI=1S/C11H12N4O3S/c12-11(16)9-1-3-10(4-2-9)19(17,18)15-7-8-5-13-14-6-8/h1-6,15H,7H2,(H2,12,16)(H,13,14). The number of primary amides is 1. The molecular weight excluding hydrogens is 268 g/mol. The summed E-state index contributed by atoms with van der Waals surface area (Å²) in [6.45, 7) is 0.135. The van der Waals surface area contributed by atoms with Crippen molar-refractivity contribution in [2.24, 2.45) is 5.73 Å². The van der Waals surface area contributed by atoms with Crippen LogP contribution in [0.5, 0.6) is 0 Å². The van der Waals surface area contributed by atoms with Crippen molar-refractivity contribution >= 4 is 15.9 Å². The first-order chi connectivity index (χ1) is 8.99. The summed E-state index contributed by atoms with van der Waals surface area (Å²) < 4.78 is 26.3. The molecule has 19 heavy (non-hydrogen) atoms. The number of rotatable bonds is 5. The van der Waals surface area contributed by atoms with Crippen LogP contribution in [0.15, 0.2) is 41.6 Å². The molecule has 1 amide bonds. The number of nitrogens with zero attached hydrogens (tertiary/aromatic N) is 1. The van der Waals surface area contributed by atoms with E-state index in [1.54, 1.807) is 6.20 Å². The summed E-state index contributed by atoms with van der Waals surface area (Å²) in [4.78, 5) is 11.0. The lowest BCUT2D eigenvalue weighted by Crippen LogP contribution is -2.23. The van der Waals surface area contributed by atoms with Crippen LogP contribution in [-0.4, -0.2) is 24.5 Å². The van der Waals surface area contributed by atoms with Gasteiger partial charge in [-0.1, -0.05) is 0 Å². The van der Waals surface area contributed by atoms with Crippen molar-refractivity contribution in [2.75, 3.05) is 0 Å². The molecule has 0 aliphatic heterocycles. The number of carbonyl (C=O) groups is 1. The van der Waals surface area contributed by atoms with E-state index in [2.05, 4.69) is 14.9 Å². The van der Waals surface area contributed by atoms with Gasteiger partial charge in [0.15, 0.2) is 0 Å². The van der Waals surface area contributed by atoms with Crippen molar-refractivity contribution in [2.45, 2.75) is 11.4 Å². The fraction of sp³-hybridized carbons (Fsp3) is 0.0909. The molecule has 0 unspecified atom stereocenters. The summed E-state index contributed by atoms with van der Waals surface area (Å²) in [5.74, 6) is -0.602. The highest BCUT2D eigenvalue weighted by molar-refractivity contribution is 7.89. The van der Waals surface area contributed by atoms with E-state index in [0.717, 1.165) is 5.56 Å². The number of benzene rings is 1. The van der Waals surface area contributed by atoms with Crippen LogP contribution in [0.25, 0.3) is 0 Å². The van der Waals surface area contributed by atoms with E-state index in [0.29, 0.717) is 0 Å². The van der Waals surface area contributed by atoms with Gasteiger partial charge in [-0.25, -0.2) is 13.1 Å². The molecule has 2 aromatic rings. The zero-order valence-electron chi connectivity index (χ0n) is 9.83. The lowest BCUT2D eigenvalue weighted by Gasteiger charge is -2.05. The molecule has 7 nitrogen and oxygen atoms in total. The van der Waals surface area contributed by atoms with E-state index < -0.39 is 15.9 Å². The Kier molecular flexibility index (Phi) is 3.63. The van der Waals surface area contributed by atoms with Crippen LogP contribution in [0.3, 0.4) is 0 Å². The summed E-state index contributed by atoms with van der Waals surface area (Å²) in [5, 5.41) is 6.30. The molecule has 0 spiro atoms. The quantitative estimate of drug-likeness (QED) is 0.713. The van der Waals surface area contributed by atoms with Crippen molar-refractivity contribution in [3.63, 3.8) is 0 Å². The zero-order chi connectivity index (χ0) is 13.9. The summed E-state index contributed by atoms with van der Waals surface area (Å²) in [7, 11) is -3.62. The number of aromatic nitrogens is 2. The third-order valence-corrected chi connectivity index (χ3v) is 3.89. The fourth-order valence-electron chi connectivity index (χ4n) is 1.43. The first-order valence-electron chi connectivity index (χ1n) is 5.36. The third kappa shape index (κ3) is 3.18. The van der Waals surface area contributed by atoms with Crippen LogP contribution in [0.1, 0.15) is 15.9 Å². The Morgan fingerprint density at radius 3 is 2.53 bits per heavy atom. The highest BCUT2D eigenvalue weighted by Gasteiger charge is 2.14. The van der Waals surface area contributed by atoms with Gasteiger partial charge < -0.3 is 5.73 Å². The second kappa shape index (κ2) is 5.21. The van der Waals surface area contributed by atoms with Crippen LogP contribution in [0, 0.1) is 0 Å². The lowest BCUT2D eigenvalue weighted by molar-refractivity contribution is 0.1000. The third-order valence-electron chi connectivity index (χ3n) is 2.47. The summed E-state index contributed by atoms with van der Waals surface area (Å²) in [6, 6.07) is 5.40. The molecule has 0 aliphatic carbocycles. The Morgan fingerprint density at radius 1 is 1.32 bits per heavy atom. The van der Waals surface area contributed by atoms with Crippen LogP contribution in [0.4, 0.5) is 0 Å². The molecule has 0 atom stereocenters. The fourth-order valence-corrected chi connectivity index (χ4v) is 2.45. The molecule has 0 saturated carbocycles. The second-order valence-corrected chi connectivity index (χ2v) is 5.59. The van der Waals surface area contributed by atoms with Crippen molar-refractivity contribution in [3.8, 4) is 0 Å². The largest absolute Gasteiger partial charge is 0.366 e. The van der Waals surface area contributed by atoms with E-state index in [1.807, 2.05) is 0 Å². The summed E-state index contributed by atoms with van der Waals surface area (Å²) in [5.41, 5.74) is 6.06. The first kappa shape index (κ1) is 13.2. The topological polar surface area (TPSA) is 118 Å². The van der Waals surface area contributed by atoms with Crippen molar-refractivity contribution in [1.29, 1.82) is 0 Å². The maximum atomic E-state index is 12.0. The van der Waals surface area contributed by atoms with Gasteiger partial charge in [0, 0.05) is 23.9 Å². The molecular formula is C11H12N4O3S. The van der Waals surface area contributed by atoms with Gasteiger partial charge in [0.1, 0.15) is 0 Å². The van der Waals surface area contributed by atoms with Gasteiger partial charge in [0.25, 0.3) is 0 Å². The highest BCUT2D eigenvalue weighted by Crippen LogP contribution is 2.10. The minimum absolute atomic E-state index is 0.0704. The van der Waals surface area contributed by atoms with E-state index in [4.69, 9.17) is 5.73 Å². The number of aromatic amines is 1. The normalized spacial score (nSPS) is 11.4. The SMILES string of the molecule is NC(=O)c1ccc(S(=O)(=O)NCc2cn[nH]c2)cc1. The number of nitrogens with two attached hydrogens (primary N) is 1. The van der Waals surface area contributed by atoms with Crippen molar-refractivity contribution < 1.29 is 13.2 Å². The number of carbonyl (C=O) groups excluding carboxylic acids is 1. The van der Waals surface area contributed by atoms with Gasteiger partial charge in [0.05, 0.1) is 11.1 Å². The molecule has 1 heterocycles. The predicted molar refractivity (Wildman–Crippen MR) is 67.6 cm³/mol. The molecule has 0 aliphatic rings. The van der Waals surface area contributed by atoms with Crippen molar-refractivity contribution in [1.82, 2.24) is 14.9 Å². The Labute approximate surface area is 109 Å². The number of nitrogens with one attached hydrogen (secondary N) is 2. The molecule has 1 aromatic carbocycles. The summed E-state index contributed by atoms with van der Waals surface area (Å²) in [6.07, 6.45) is 3.12. The Balaban J connectivity index is 2.13. The van der Waals surface area contributed by atoms with Gasteiger partial charge in [-0.05, 0) is 24.3 Å². The van der Waals surface area contributed by atoms with Gasteiger partial charge in [-0.2, -0.15) is 5.10 Å². The van der Waals surface area contributed by atoms with Gasteiger partial charge in [0.2, 0.25) is 15.9 Å². The van der Waals surface area contributed by atoms with Gasteiger partial charge in [-0.15, -0.1) is 0 Å². The molecule has 2 rings (SSSR count). The minimum Gasteiger partial charge on any atom is -0.366 e. The molecule has 0 bridgehead atoms. The van der Waals surface area contributed by atoms with E-state index in [9.17, 15) is 13.2 Å². The average molecular weight is 280 g/mol. The molecule has 8 heteroatoms.